The van der Waals surface area contributed by atoms with E-state index in [0.717, 1.165) is 36.3 Å². The Morgan fingerprint density at radius 3 is 2.57 bits per heavy atom. The highest BCUT2D eigenvalue weighted by molar-refractivity contribution is 6.30. The molecule has 0 unspecified atom stereocenters. The highest BCUT2D eigenvalue weighted by Crippen LogP contribution is 2.18. The number of nitrogens with one attached hydrogen (secondary N) is 1. The molecular formula is C25H32ClN3O. The Bertz CT molecular complexity index is 933. The van der Waals surface area contributed by atoms with Crippen LogP contribution < -0.4 is 5.32 Å². The van der Waals surface area contributed by atoms with Gasteiger partial charge in [0.1, 0.15) is 5.82 Å². The van der Waals surface area contributed by atoms with Crippen molar-refractivity contribution >= 4 is 28.5 Å². The van der Waals surface area contributed by atoms with Crippen molar-refractivity contribution in [1.82, 2.24) is 14.9 Å². The van der Waals surface area contributed by atoms with Crippen molar-refractivity contribution in [2.75, 3.05) is 6.54 Å². The lowest BCUT2D eigenvalue weighted by Crippen LogP contribution is -2.26. The SMILES string of the molecule is CCCCCCCn1c(CCCNC(=O)Cc2ccc(Cl)cc2)nc2ccccc21. The smallest absolute Gasteiger partial charge is 0.224 e. The van der Waals surface area contributed by atoms with E-state index in [4.69, 9.17) is 16.6 Å². The first-order chi connectivity index (χ1) is 14.7. The second kappa shape index (κ2) is 11.8. The van der Waals surface area contributed by atoms with Crippen LogP contribution in [0.1, 0.15) is 56.8 Å². The fourth-order valence-corrected chi connectivity index (χ4v) is 3.89. The van der Waals surface area contributed by atoms with Crippen LogP contribution in [0.15, 0.2) is 48.5 Å². The zero-order chi connectivity index (χ0) is 21.2. The van der Waals surface area contributed by atoms with Crippen LogP contribution in [-0.4, -0.2) is 22.0 Å². The van der Waals surface area contributed by atoms with Crippen molar-refractivity contribution in [3.63, 3.8) is 0 Å². The van der Waals surface area contributed by atoms with Crippen LogP contribution in [0.5, 0.6) is 0 Å². The highest BCUT2D eigenvalue weighted by atomic mass is 35.5. The number of hydrogen-bond acceptors (Lipinski definition) is 2. The minimum atomic E-state index is 0.0433. The highest BCUT2D eigenvalue weighted by Gasteiger charge is 2.10. The number of aryl methyl sites for hydroxylation is 2. The van der Waals surface area contributed by atoms with E-state index in [-0.39, 0.29) is 5.91 Å². The van der Waals surface area contributed by atoms with Gasteiger partial charge in [0.2, 0.25) is 5.91 Å². The van der Waals surface area contributed by atoms with E-state index < -0.39 is 0 Å². The molecule has 2 aromatic carbocycles. The Balaban J connectivity index is 1.50. The normalized spacial score (nSPS) is 11.1. The molecule has 3 aromatic rings. The number of carbonyl (C=O) groups is 1. The molecule has 1 amide bonds. The molecular weight excluding hydrogens is 394 g/mol. The largest absolute Gasteiger partial charge is 0.356 e. The standard InChI is InChI=1S/C25H32ClN3O/c1-2-3-4-5-8-18-29-23-11-7-6-10-22(23)28-24(29)12-9-17-27-25(30)19-20-13-15-21(26)16-14-20/h6-7,10-11,13-16H,2-5,8-9,12,17-19H2,1H3,(H,27,30). The van der Waals surface area contributed by atoms with E-state index in [1.54, 1.807) is 0 Å². The van der Waals surface area contributed by atoms with E-state index in [9.17, 15) is 4.79 Å². The number of fused-ring (bicyclic) bond motifs is 1. The molecule has 1 heterocycles. The maximum Gasteiger partial charge on any atom is 0.224 e. The van der Waals surface area contributed by atoms with Crippen LogP contribution >= 0.6 is 11.6 Å². The molecule has 3 rings (SSSR count). The van der Waals surface area contributed by atoms with Gasteiger partial charge in [-0.3, -0.25) is 4.79 Å². The average Bonchev–Trinajstić information content (AvgIpc) is 3.10. The summed E-state index contributed by atoms with van der Waals surface area (Å²) >= 11 is 5.90. The van der Waals surface area contributed by atoms with Gasteiger partial charge in [0.05, 0.1) is 17.5 Å². The molecule has 4 nitrogen and oxygen atoms in total. The average molecular weight is 426 g/mol. The van der Waals surface area contributed by atoms with Crippen molar-refractivity contribution < 1.29 is 4.79 Å². The Morgan fingerprint density at radius 1 is 1.00 bits per heavy atom. The first-order valence-corrected chi connectivity index (χ1v) is 11.5. The van der Waals surface area contributed by atoms with Gasteiger partial charge in [0.25, 0.3) is 0 Å². The second-order valence-electron chi connectivity index (χ2n) is 7.84. The van der Waals surface area contributed by atoms with Crippen molar-refractivity contribution in [3.8, 4) is 0 Å². The van der Waals surface area contributed by atoms with E-state index in [2.05, 4.69) is 35.0 Å². The summed E-state index contributed by atoms with van der Waals surface area (Å²) in [5.74, 6) is 1.17. The summed E-state index contributed by atoms with van der Waals surface area (Å²) in [4.78, 5) is 17.0. The fourth-order valence-electron chi connectivity index (χ4n) is 3.76. The van der Waals surface area contributed by atoms with Gasteiger partial charge in [0, 0.05) is 24.5 Å². The third-order valence-corrected chi connectivity index (χ3v) is 5.65. The van der Waals surface area contributed by atoms with Crippen LogP contribution in [-0.2, 0) is 24.2 Å². The number of aromatic nitrogens is 2. The van der Waals surface area contributed by atoms with Gasteiger partial charge >= 0.3 is 0 Å². The Kier molecular flexibility index (Phi) is 8.76. The Morgan fingerprint density at radius 2 is 1.77 bits per heavy atom. The van der Waals surface area contributed by atoms with Gasteiger partial charge in [-0.2, -0.15) is 0 Å². The number of imidazole rings is 1. The summed E-state index contributed by atoms with van der Waals surface area (Å²) in [5, 5.41) is 3.71. The van der Waals surface area contributed by atoms with Gasteiger partial charge in [-0.05, 0) is 42.7 Å². The van der Waals surface area contributed by atoms with E-state index >= 15 is 0 Å². The van der Waals surface area contributed by atoms with Crippen molar-refractivity contribution in [2.45, 2.75) is 64.8 Å². The number of hydrogen-bond donors (Lipinski definition) is 1. The summed E-state index contributed by atoms with van der Waals surface area (Å²) in [7, 11) is 0. The van der Waals surface area contributed by atoms with Crippen LogP contribution in [0.25, 0.3) is 11.0 Å². The molecule has 160 valence electrons. The third-order valence-electron chi connectivity index (χ3n) is 5.40. The molecule has 30 heavy (non-hydrogen) atoms. The lowest BCUT2D eigenvalue weighted by Gasteiger charge is -2.10. The molecule has 0 fully saturated rings. The molecule has 1 aromatic heterocycles. The minimum Gasteiger partial charge on any atom is -0.356 e. The second-order valence-corrected chi connectivity index (χ2v) is 8.28. The van der Waals surface area contributed by atoms with Crippen molar-refractivity contribution in [3.05, 3.63) is 64.9 Å². The summed E-state index contributed by atoms with van der Waals surface area (Å²) in [6.07, 6.45) is 8.46. The number of nitrogens with zero attached hydrogens (tertiary/aromatic N) is 2. The first-order valence-electron chi connectivity index (χ1n) is 11.1. The number of para-hydroxylation sites is 2. The van der Waals surface area contributed by atoms with Gasteiger partial charge in [-0.1, -0.05) is 68.5 Å². The summed E-state index contributed by atoms with van der Waals surface area (Å²) in [5.41, 5.74) is 3.25. The van der Waals surface area contributed by atoms with Gasteiger partial charge in [0.15, 0.2) is 0 Å². The lowest BCUT2D eigenvalue weighted by molar-refractivity contribution is -0.120. The van der Waals surface area contributed by atoms with E-state index in [1.807, 2.05) is 30.3 Å². The van der Waals surface area contributed by atoms with Crippen molar-refractivity contribution in [1.29, 1.82) is 0 Å². The monoisotopic (exact) mass is 425 g/mol. The van der Waals surface area contributed by atoms with Gasteiger partial charge < -0.3 is 9.88 Å². The Labute approximate surface area is 184 Å². The molecule has 0 aliphatic carbocycles. The van der Waals surface area contributed by atoms with Crippen LogP contribution in [0.3, 0.4) is 0 Å². The summed E-state index contributed by atoms with van der Waals surface area (Å²) in [6.45, 7) is 3.92. The molecule has 0 aliphatic rings. The maximum absolute atomic E-state index is 12.2. The lowest BCUT2D eigenvalue weighted by atomic mass is 10.1. The molecule has 0 bridgehead atoms. The predicted molar refractivity (Wildman–Crippen MR) is 125 cm³/mol. The number of benzene rings is 2. The topological polar surface area (TPSA) is 46.9 Å². The number of rotatable bonds is 12. The maximum atomic E-state index is 12.2. The third kappa shape index (κ3) is 6.60. The number of carbonyl (C=O) groups excluding carboxylic acids is 1. The van der Waals surface area contributed by atoms with E-state index in [1.165, 1.54) is 37.6 Å². The van der Waals surface area contributed by atoms with Crippen molar-refractivity contribution in [2.24, 2.45) is 0 Å². The van der Waals surface area contributed by atoms with Crippen LogP contribution in [0.4, 0.5) is 0 Å². The quantitative estimate of drug-likeness (QED) is 0.364. The zero-order valence-corrected chi connectivity index (χ0v) is 18.6. The Hall–Kier alpha value is -2.33. The molecule has 0 radical (unpaired) electrons. The zero-order valence-electron chi connectivity index (χ0n) is 17.9. The molecule has 0 saturated carbocycles. The minimum absolute atomic E-state index is 0.0433. The molecule has 5 heteroatoms. The number of unbranched alkanes of at least 4 members (excludes halogenated alkanes) is 4. The number of halogens is 1. The predicted octanol–water partition coefficient (Wildman–Crippen LogP) is 5.95. The van der Waals surface area contributed by atoms with Crippen LogP contribution in [0.2, 0.25) is 5.02 Å². The van der Waals surface area contributed by atoms with Gasteiger partial charge in [-0.25, -0.2) is 4.98 Å². The first kappa shape index (κ1) is 22.4. The molecule has 0 atom stereocenters. The van der Waals surface area contributed by atoms with E-state index in [0.29, 0.717) is 18.0 Å². The summed E-state index contributed by atoms with van der Waals surface area (Å²) < 4.78 is 2.37. The molecule has 0 spiro atoms. The summed E-state index contributed by atoms with van der Waals surface area (Å²) in [6, 6.07) is 15.8. The van der Waals surface area contributed by atoms with Gasteiger partial charge in [-0.15, -0.1) is 0 Å². The van der Waals surface area contributed by atoms with Crippen LogP contribution in [0, 0.1) is 0 Å². The molecule has 0 aliphatic heterocycles. The molecule has 1 N–H and O–H groups in total. The molecule has 0 saturated heterocycles. The fraction of sp³-hybridized carbons (Fsp3) is 0.440. The number of amides is 1.